The van der Waals surface area contributed by atoms with E-state index in [-0.39, 0.29) is 0 Å². The number of aromatic nitrogens is 5. The smallest absolute Gasteiger partial charge is 0.147 e. The standard InChI is InChI=1S/C17H16N6O/c1-22-10-13(8-19-22)12-7-16(24-2)17-15(9-20-23(17)11-12)21-14-3-5-18-6-4-14/h3-11H,1-2H3,(H,18,21). The molecule has 0 bridgehead atoms. The summed E-state index contributed by atoms with van der Waals surface area (Å²) in [5.74, 6) is 0.741. The van der Waals surface area contributed by atoms with Crippen molar-refractivity contribution in [3.8, 4) is 16.9 Å². The molecule has 0 atom stereocenters. The zero-order chi connectivity index (χ0) is 16.5. The molecule has 120 valence electrons. The van der Waals surface area contributed by atoms with Crippen molar-refractivity contribution < 1.29 is 4.74 Å². The van der Waals surface area contributed by atoms with Gasteiger partial charge in [0.05, 0.1) is 25.2 Å². The van der Waals surface area contributed by atoms with E-state index in [2.05, 4.69) is 20.5 Å². The van der Waals surface area contributed by atoms with Crippen molar-refractivity contribution in [2.24, 2.45) is 7.05 Å². The van der Waals surface area contributed by atoms with Crippen molar-refractivity contribution in [1.29, 1.82) is 0 Å². The SMILES string of the molecule is COc1cc(-c2cnn(C)c2)cn2ncc(Nc3ccncc3)c12. The van der Waals surface area contributed by atoms with Crippen LogP contribution in [-0.2, 0) is 7.05 Å². The van der Waals surface area contributed by atoms with E-state index in [9.17, 15) is 0 Å². The molecule has 4 aromatic rings. The summed E-state index contributed by atoms with van der Waals surface area (Å²) < 4.78 is 9.17. The van der Waals surface area contributed by atoms with Crippen LogP contribution in [0.25, 0.3) is 16.6 Å². The van der Waals surface area contributed by atoms with Gasteiger partial charge in [0, 0.05) is 48.6 Å². The molecule has 1 N–H and O–H groups in total. The summed E-state index contributed by atoms with van der Waals surface area (Å²) in [4.78, 5) is 4.02. The second-order valence-electron chi connectivity index (χ2n) is 5.41. The number of hydrogen-bond donors (Lipinski definition) is 1. The van der Waals surface area contributed by atoms with E-state index in [0.29, 0.717) is 0 Å². The number of aryl methyl sites for hydroxylation is 1. The van der Waals surface area contributed by atoms with Gasteiger partial charge in [-0.2, -0.15) is 10.2 Å². The van der Waals surface area contributed by atoms with Crippen LogP contribution in [0, 0.1) is 0 Å². The number of hydrogen-bond acceptors (Lipinski definition) is 5. The summed E-state index contributed by atoms with van der Waals surface area (Å²) in [5.41, 5.74) is 4.69. The number of ether oxygens (including phenoxy) is 1. The lowest BCUT2D eigenvalue weighted by atomic mass is 10.1. The van der Waals surface area contributed by atoms with Gasteiger partial charge in [-0.15, -0.1) is 0 Å². The highest BCUT2D eigenvalue weighted by Gasteiger charge is 2.13. The molecule has 4 rings (SSSR count). The van der Waals surface area contributed by atoms with Gasteiger partial charge in [-0.3, -0.25) is 9.67 Å². The predicted octanol–water partition coefficient (Wildman–Crippen LogP) is 2.88. The highest BCUT2D eigenvalue weighted by Crippen LogP contribution is 2.33. The minimum atomic E-state index is 0.741. The highest BCUT2D eigenvalue weighted by atomic mass is 16.5. The monoisotopic (exact) mass is 320 g/mol. The van der Waals surface area contributed by atoms with Crippen LogP contribution in [0.15, 0.2) is 55.4 Å². The third-order valence-corrected chi connectivity index (χ3v) is 3.79. The number of rotatable bonds is 4. The van der Waals surface area contributed by atoms with Crippen LogP contribution < -0.4 is 10.1 Å². The summed E-state index contributed by atoms with van der Waals surface area (Å²) in [5, 5.41) is 12.0. The molecule has 0 aromatic carbocycles. The van der Waals surface area contributed by atoms with Gasteiger partial charge in [0.15, 0.2) is 0 Å². The number of fused-ring (bicyclic) bond motifs is 1. The van der Waals surface area contributed by atoms with Gasteiger partial charge >= 0.3 is 0 Å². The fourth-order valence-corrected chi connectivity index (χ4v) is 2.65. The topological polar surface area (TPSA) is 69.3 Å². The van der Waals surface area contributed by atoms with Crippen molar-refractivity contribution in [3.05, 3.63) is 55.4 Å². The molecule has 7 nitrogen and oxygen atoms in total. The third kappa shape index (κ3) is 2.45. The largest absolute Gasteiger partial charge is 0.494 e. The molecule has 0 saturated carbocycles. The number of pyridine rings is 2. The molecule has 0 amide bonds. The molecule has 24 heavy (non-hydrogen) atoms. The van der Waals surface area contributed by atoms with E-state index < -0.39 is 0 Å². The zero-order valence-electron chi connectivity index (χ0n) is 13.3. The fourth-order valence-electron chi connectivity index (χ4n) is 2.65. The fraction of sp³-hybridized carbons (Fsp3) is 0.118. The zero-order valence-corrected chi connectivity index (χ0v) is 13.3. The Kier molecular flexibility index (Phi) is 3.38. The highest BCUT2D eigenvalue weighted by molar-refractivity contribution is 5.84. The first-order chi connectivity index (χ1) is 11.7. The molecule has 0 aliphatic carbocycles. The van der Waals surface area contributed by atoms with E-state index in [1.807, 2.05) is 48.4 Å². The van der Waals surface area contributed by atoms with Crippen LogP contribution in [-0.4, -0.2) is 31.5 Å². The van der Waals surface area contributed by atoms with Crippen LogP contribution in [0.2, 0.25) is 0 Å². The molecular formula is C17H16N6O. The molecule has 4 heterocycles. The number of nitrogens with zero attached hydrogens (tertiary/aromatic N) is 5. The first-order valence-electron chi connectivity index (χ1n) is 7.46. The number of anilines is 2. The molecule has 0 saturated heterocycles. The Morgan fingerprint density at radius 2 is 1.88 bits per heavy atom. The molecule has 7 heteroatoms. The van der Waals surface area contributed by atoms with Crippen LogP contribution in [0.1, 0.15) is 0 Å². The minimum absolute atomic E-state index is 0.741. The maximum absolute atomic E-state index is 5.59. The average Bonchev–Trinajstić information content (AvgIpc) is 3.22. The summed E-state index contributed by atoms with van der Waals surface area (Å²) in [6.45, 7) is 0. The lowest BCUT2D eigenvalue weighted by Gasteiger charge is -2.09. The second-order valence-corrected chi connectivity index (χ2v) is 5.41. The Morgan fingerprint density at radius 1 is 1.04 bits per heavy atom. The van der Waals surface area contributed by atoms with Gasteiger partial charge in [0.2, 0.25) is 0 Å². The van der Waals surface area contributed by atoms with E-state index >= 15 is 0 Å². The summed E-state index contributed by atoms with van der Waals surface area (Å²) in [6.07, 6.45) is 11.0. The lowest BCUT2D eigenvalue weighted by molar-refractivity contribution is 0.418. The van der Waals surface area contributed by atoms with Crippen molar-refractivity contribution in [1.82, 2.24) is 24.4 Å². The van der Waals surface area contributed by atoms with Crippen LogP contribution in [0.4, 0.5) is 11.4 Å². The maximum Gasteiger partial charge on any atom is 0.147 e. The molecular weight excluding hydrogens is 304 g/mol. The number of nitrogens with one attached hydrogen (secondary N) is 1. The quantitative estimate of drug-likeness (QED) is 0.626. The van der Waals surface area contributed by atoms with Gasteiger partial charge in [-0.05, 0) is 18.2 Å². The lowest BCUT2D eigenvalue weighted by Crippen LogP contribution is -1.95. The molecule has 0 unspecified atom stereocenters. The summed E-state index contributed by atoms with van der Waals surface area (Å²) in [6, 6.07) is 5.80. The van der Waals surface area contributed by atoms with Crippen molar-refractivity contribution >= 4 is 16.9 Å². The minimum Gasteiger partial charge on any atom is -0.494 e. The molecule has 0 fully saturated rings. The van der Waals surface area contributed by atoms with Crippen molar-refractivity contribution in [3.63, 3.8) is 0 Å². The van der Waals surface area contributed by atoms with Crippen molar-refractivity contribution in [2.75, 3.05) is 12.4 Å². The second kappa shape index (κ2) is 5.69. The molecule has 4 aromatic heterocycles. The van der Waals surface area contributed by atoms with E-state index in [4.69, 9.17) is 4.74 Å². The Balaban J connectivity index is 1.81. The van der Waals surface area contributed by atoms with E-state index in [1.54, 1.807) is 30.4 Å². The summed E-state index contributed by atoms with van der Waals surface area (Å²) >= 11 is 0. The normalized spacial score (nSPS) is 10.9. The van der Waals surface area contributed by atoms with Gasteiger partial charge in [-0.1, -0.05) is 0 Å². The molecule has 0 aliphatic heterocycles. The Bertz CT molecular complexity index is 989. The first-order valence-corrected chi connectivity index (χ1v) is 7.46. The van der Waals surface area contributed by atoms with Crippen LogP contribution in [0.5, 0.6) is 5.75 Å². The maximum atomic E-state index is 5.59. The Morgan fingerprint density at radius 3 is 2.58 bits per heavy atom. The van der Waals surface area contributed by atoms with Gasteiger partial charge < -0.3 is 10.1 Å². The molecule has 0 radical (unpaired) electrons. The molecule has 0 aliphatic rings. The third-order valence-electron chi connectivity index (χ3n) is 3.79. The van der Waals surface area contributed by atoms with Gasteiger partial charge in [0.25, 0.3) is 0 Å². The average molecular weight is 320 g/mol. The van der Waals surface area contributed by atoms with E-state index in [0.717, 1.165) is 33.8 Å². The van der Waals surface area contributed by atoms with Crippen LogP contribution >= 0.6 is 0 Å². The number of methoxy groups -OCH3 is 1. The van der Waals surface area contributed by atoms with Crippen molar-refractivity contribution in [2.45, 2.75) is 0 Å². The first kappa shape index (κ1) is 14.3. The van der Waals surface area contributed by atoms with Crippen LogP contribution in [0.3, 0.4) is 0 Å². The summed E-state index contributed by atoms with van der Waals surface area (Å²) in [7, 11) is 3.55. The Hall–Kier alpha value is -3.35. The molecule has 0 spiro atoms. The van der Waals surface area contributed by atoms with Gasteiger partial charge in [0.1, 0.15) is 11.3 Å². The van der Waals surface area contributed by atoms with E-state index in [1.165, 1.54) is 0 Å². The predicted molar refractivity (Wildman–Crippen MR) is 91.5 cm³/mol. The Labute approximate surface area is 138 Å². The van der Waals surface area contributed by atoms with Gasteiger partial charge in [-0.25, -0.2) is 4.52 Å².